The van der Waals surface area contributed by atoms with Crippen LogP contribution < -0.4 is 5.56 Å². The highest BCUT2D eigenvalue weighted by Crippen LogP contribution is 2.18. The number of nitro groups is 1. The first-order valence-electron chi connectivity index (χ1n) is 7.02. The summed E-state index contributed by atoms with van der Waals surface area (Å²) in [5, 5.41) is 11.2. The van der Waals surface area contributed by atoms with E-state index in [1.54, 1.807) is 30.4 Å². The lowest BCUT2D eigenvalue weighted by Crippen LogP contribution is -2.22. The molecule has 1 aromatic carbocycles. The van der Waals surface area contributed by atoms with Crippen molar-refractivity contribution in [3.63, 3.8) is 0 Å². The molecule has 0 unspecified atom stereocenters. The van der Waals surface area contributed by atoms with Gasteiger partial charge in [-0.25, -0.2) is 4.98 Å². The van der Waals surface area contributed by atoms with Crippen LogP contribution in [0.25, 0.3) is 23.1 Å². The number of rotatable bonds is 4. The summed E-state index contributed by atoms with van der Waals surface area (Å²) in [6, 6.07) is 9.88. The first-order valence-corrected chi connectivity index (χ1v) is 7.02. The van der Waals surface area contributed by atoms with Crippen LogP contribution in [0.1, 0.15) is 18.5 Å². The first kappa shape index (κ1) is 14.7. The fourth-order valence-electron chi connectivity index (χ4n) is 2.30. The zero-order chi connectivity index (χ0) is 16.4. The maximum absolute atomic E-state index is 12.5. The Morgan fingerprint density at radius 2 is 2.04 bits per heavy atom. The quantitative estimate of drug-likeness (QED) is 0.545. The molecule has 0 aliphatic heterocycles. The third kappa shape index (κ3) is 2.76. The molecule has 3 aromatic rings. The standard InChI is InChI=1S/C16H13N3O4/c1-2-18-14(9-7-11-8-10-15(23-11)19(21)22)17-13-6-4-3-5-12(13)16(18)20/h3-10H,2H2,1H3/b9-7+. The van der Waals surface area contributed by atoms with Gasteiger partial charge in [0.15, 0.2) is 0 Å². The minimum absolute atomic E-state index is 0.122. The smallest absolute Gasteiger partial charge is 0.401 e. The second kappa shape index (κ2) is 5.88. The van der Waals surface area contributed by atoms with Gasteiger partial charge in [-0.05, 0) is 37.3 Å². The van der Waals surface area contributed by atoms with E-state index in [-0.39, 0.29) is 11.4 Å². The lowest BCUT2D eigenvalue weighted by Gasteiger charge is -2.08. The van der Waals surface area contributed by atoms with Crippen LogP contribution in [0.15, 0.2) is 45.6 Å². The molecule has 7 nitrogen and oxygen atoms in total. The molecule has 0 aliphatic rings. The number of fused-ring (bicyclic) bond motifs is 1. The number of hydrogen-bond donors (Lipinski definition) is 0. The molecule has 0 saturated heterocycles. The average molecular weight is 311 g/mol. The summed E-state index contributed by atoms with van der Waals surface area (Å²) in [5.74, 6) is 0.459. The van der Waals surface area contributed by atoms with Gasteiger partial charge in [0.25, 0.3) is 5.56 Å². The van der Waals surface area contributed by atoms with Crippen molar-refractivity contribution in [3.05, 3.63) is 68.5 Å². The van der Waals surface area contributed by atoms with Crippen LogP contribution >= 0.6 is 0 Å². The van der Waals surface area contributed by atoms with Gasteiger partial charge in [-0.15, -0.1) is 0 Å². The molecule has 23 heavy (non-hydrogen) atoms. The van der Waals surface area contributed by atoms with E-state index in [0.717, 1.165) is 0 Å². The molecule has 3 rings (SSSR count). The molecule has 0 spiro atoms. The Hall–Kier alpha value is -3.22. The highest BCUT2D eigenvalue weighted by atomic mass is 16.6. The average Bonchev–Trinajstić information content (AvgIpc) is 3.02. The number of furan rings is 1. The third-order valence-electron chi connectivity index (χ3n) is 3.40. The minimum atomic E-state index is -0.604. The van der Waals surface area contributed by atoms with E-state index >= 15 is 0 Å². The van der Waals surface area contributed by atoms with Crippen molar-refractivity contribution in [3.8, 4) is 0 Å². The van der Waals surface area contributed by atoms with Crippen molar-refractivity contribution in [2.45, 2.75) is 13.5 Å². The van der Waals surface area contributed by atoms with Crippen molar-refractivity contribution in [1.29, 1.82) is 0 Å². The van der Waals surface area contributed by atoms with Gasteiger partial charge in [0.05, 0.1) is 17.0 Å². The molecule has 0 saturated carbocycles. The molecule has 0 aliphatic carbocycles. The lowest BCUT2D eigenvalue weighted by molar-refractivity contribution is -0.402. The number of hydrogen-bond acceptors (Lipinski definition) is 5. The first-order chi connectivity index (χ1) is 11.1. The summed E-state index contributed by atoms with van der Waals surface area (Å²) in [4.78, 5) is 26.9. The topological polar surface area (TPSA) is 91.2 Å². The van der Waals surface area contributed by atoms with Gasteiger partial charge in [0.2, 0.25) is 0 Å². The van der Waals surface area contributed by atoms with Crippen LogP contribution in [0, 0.1) is 10.1 Å². The molecule has 7 heteroatoms. The Kier molecular flexibility index (Phi) is 3.76. The van der Waals surface area contributed by atoms with Gasteiger partial charge in [0.1, 0.15) is 16.5 Å². The van der Waals surface area contributed by atoms with Crippen LogP contribution in [-0.4, -0.2) is 14.5 Å². The Morgan fingerprint density at radius 3 is 2.74 bits per heavy atom. The van der Waals surface area contributed by atoms with E-state index in [0.29, 0.717) is 29.0 Å². The summed E-state index contributed by atoms with van der Waals surface area (Å²) >= 11 is 0. The zero-order valence-electron chi connectivity index (χ0n) is 12.3. The van der Waals surface area contributed by atoms with Crippen LogP contribution in [-0.2, 0) is 6.54 Å². The maximum Gasteiger partial charge on any atom is 0.433 e. The van der Waals surface area contributed by atoms with Crippen molar-refractivity contribution in [2.24, 2.45) is 0 Å². The number of nitrogens with zero attached hydrogens (tertiary/aromatic N) is 3. The van der Waals surface area contributed by atoms with E-state index in [1.807, 2.05) is 13.0 Å². The predicted octanol–water partition coefficient (Wildman–Crippen LogP) is 3.09. The Balaban J connectivity index is 2.06. The molecule has 0 fully saturated rings. The molecule has 116 valence electrons. The second-order valence-corrected chi connectivity index (χ2v) is 4.80. The SMILES string of the molecule is CCn1c(/C=C/c2ccc([N+](=O)[O-])o2)nc2ccccc2c1=O. The van der Waals surface area contributed by atoms with Gasteiger partial charge >= 0.3 is 5.88 Å². The highest BCUT2D eigenvalue weighted by Gasteiger charge is 2.11. The Labute approximate surface area is 130 Å². The van der Waals surface area contributed by atoms with Gasteiger partial charge < -0.3 is 4.42 Å². The molecular weight excluding hydrogens is 298 g/mol. The van der Waals surface area contributed by atoms with Gasteiger partial charge in [0, 0.05) is 6.54 Å². The van der Waals surface area contributed by atoms with Gasteiger partial charge in [-0.2, -0.15) is 0 Å². The van der Waals surface area contributed by atoms with Crippen LogP contribution in [0.3, 0.4) is 0 Å². The summed E-state index contributed by atoms with van der Waals surface area (Å²) in [5.41, 5.74) is 0.482. The lowest BCUT2D eigenvalue weighted by atomic mass is 10.2. The van der Waals surface area contributed by atoms with Crippen LogP contribution in [0.4, 0.5) is 5.88 Å². The molecular formula is C16H13N3O4. The van der Waals surface area contributed by atoms with E-state index in [9.17, 15) is 14.9 Å². The molecule has 0 amide bonds. The molecule has 2 aromatic heterocycles. The van der Waals surface area contributed by atoms with Crippen molar-refractivity contribution >= 4 is 28.9 Å². The highest BCUT2D eigenvalue weighted by molar-refractivity contribution is 5.79. The van der Waals surface area contributed by atoms with Crippen LogP contribution in [0.2, 0.25) is 0 Å². The zero-order valence-corrected chi connectivity index (χ0v) is 12.3. The van der Waals surface area contributed by atoms with E-state index in [4.69, 9.17) is 4.42 Å². The predicted molar refractivity (Wildman–Crippen MR) is 86.0 cm³/mol. The Bertz CT molecular complexity index is 969. The van der Waals surface area contributed by atoms with Gasteiger partial charge in [-0.3, -0.25) is 19.5 Å². The minimum Gasteiger partial charge on any atom is -0.401 e. The fourth-order valence-corrected chi connectivity index (χ4v) is 2.30. The molecule has 2 heterocycles. The number of aromatic nitrogens is 2. The number of benzene rings is 1. The van der Waals surface area contributed by atoms with E-state index in [1.165, 1.54) is 16.7 Å². The third-order valence-corrected chi connectivity index (χ3v) is 3.40. The summed E-state index contributed by atoms with van der Waals surface area (Å²) < 4.78 is 6.59. The monoisotopic (exact) mass is 311 g/mol. The largest absolute Gasteiger partial charge is 0.433 e. The summed E-state index contributed by atoms with van der Waals surface area (Å²) in [6.07, 6.45) is 3.16. The summed E-state index contributed by atoms with van der Waals surface area (Å²) in [6.45, 7) is 2.32. The van der Waals surface area contributed by atoms with E-state index < -0.39 is 4.92 Å². The van der Waals surface area contributed by atoms with Crippen molar-refractivity contribution in [2.75, 3.05) is 0 Å². The second-order valence-electron chi connectivity index (χ2n) is 4.80. The molecule has 0 N–H and O–H groups in total. The normalized spacial score (nSPS) is 11.3. The molecule has 0 atom stereocenters. The molecule has 0 radical (unpaired) electrons. The van der Waals surface area contributed by atoms with Crippen LogP contribution in [0.5, 0.6) is 0 Å². The van der Waals surface area contributed by atoms with Crippen molar-refractivity contribution in [1.82, 2.24) is 9.55 Å². The molecule has 0 bridgehead atoms. The van der Waals surface area contributed by atoms with Gasteiger partial charge in [-0.1, -0.05) is 12.1 Å². The van der Waals surface area contributed by atoms with E-state index in [2.05, 4.69) is 4.98 Å². The summed E-state index contributed by atoms with van der Waals surface area (Å²) in [7, 11) is 0. The number of para-hydroxylation sites is 1. The maximum atomic E-state index is 12.5. The Morgan fingerprint density at radius 1 is 1.26 bits per heavy atom. The fraction of sp³-hybridized carbons (Fsp3) is 0.125. The van der Waals surface area contributed by atoms with Crippen molar-refractivity contribution < 1.29 is 9.34 Å².